The fourth-order valence-electron chi connectivity index (χ4n) is 4.37. The summed E-state index contributed by atoms with van der Waals surface area (Å²) in [6, 6.07) is 0. The van der Waals surface area contributed by atoms with E-state index in [-0.39, 0.29) is 0 Å². The molecule has 1 nitrogen and oxygen atoms in total. The number of carbonyl (C=O) groups is 1. The molecule has 1 heteroatoms. The Kier molecular flexibility index (Phi) is 2.81. The van der Waals surface area contributed by atoms with Gasteiger partial charge in [-0.3, -0.25) is 4.79 Å². The highest BCUT2D eigenvalue weighted by Crippen LogP contribution is 2.59. The van der Waals surface area contributed by atoms with Crippen molar-refractivity contribution >= 4 is 5.78 Å². The van der Waals surface area contributed by atoms with Gasteiger partial charge in [-0.15, -0.1) is 0 Å². The molecule has 0 heterocycles. The lowest BCUT2D eigenvalue weighted by molar-refractivity contribution is -0.126. The second-order valence-electron chi connectivity index (χ2n) is 6.31. The van der Waals surface area contributed by atoms with Crippen molar-refractivity contribution in [1.29, 1.82) is 0 Å². The quantitative estimate of drug-likeness (QED) is 0.706. The number of carbonyl (C=O) groups excluding carboxylic acids is 1. The van der Waals surface area contributed by atoms with Gasteiger partial charge in [-0.2, -0.15) is 0 Å². The van der Waals surface area contributed by atoms with Crippen molar-refractivity contribution in [1.82, 2.24) is 0 Å². The molecule has 2 atom stereocenters. The van der Waals surface area contributed by atoms with Crippen LogP contribution in [0.5, 0.6) is 0 Å². The molecule has 90 valence electrons. The monoisotopic (exact) mass is 220 g/mol. The minimum atomic E-state index is 0.457. The molecule has 0 spiro atoms. The maximum atomic E-state index is 12.4. The third-order valence-electron chi connectivity index (χ3n) is 5.56. The van der Waals surface area contributed by atoms with E-state index < -0.39 is 0 Å². The highest BCUT2D eigenvalue weighted by Gasteiger charge is 2.57. The average Bonchev–Trinajstić information content (AvgIpc) is 2.81. The highest BCUT2D eigenvalue weighted by atomic mass is 16.1. The number of ketones is 1. The summed E-state index contributed by atoms with van der Waals surface area (Å²) in [5.41, 5.74) is 0. The zero-order valence-corrected chi connectivity index (χ0v) is 10.5. The summed E-state index contributed by atoms with van der Waals surface area (Å²) in [4.78, 5) is 12.4. The SMILES string of the molecule is CCC1CCC(C(=O)C2C3CCCC32)CC1. The lowest BCUT2D eigenvalue weighted by atomic mass is 9.77. The van der Waals surface area contributed by atoms with Crippen LogP contribution in [0.1, 0.15) is 58.3 Å². The Labute approximate surface area is 99.0 Å². The van der Waals surface area contributed by atoms with Crippen LogP contribution < -0.4 is 0 Å². The molecule has 3 rings (SSSR count). The average molecular weight is 220 g/mol. The van der Waals surface area contributed by atoms with Gasteiger partial charge in [0.1, 0.15) is 5.78 Å². The van der Waals surface area contributed by atoms with Crippen LogP contribution >= 0.6 is 0 Å². The first-order chi connectivity index (χ1) is 7.81. The molecule has 16 heavy (non-hydrogen) atoms. The van der Waals surface area contributed by atoms with Crippen molar-refractivity contribution < 1.29 is 4.79 Å². The van der Waals surface area contributed by atoms with Crippen molar-refractivity contribution in [2.75, 3.05) is 0 Å². The van der Waals surface area contributed by atoms with Gasteiger partial charge in [0.05, 0.1) is 0 Å². The summed E-state index contributed by atoms with van der Waals surface area (Å²) < 4.78 is 0. The molecule has 0 N–H and O–H groups in total. The lowest BCUT2D eigenvalue weighted by Gasteiger charge is -2.27. The summed E-state index contributed by atoms with van der Waals surface area (Å²) in [5.74, 6) is 4.23. The van der Waals surface area contributed by atoms with Crippen molar-refractivity contribution in [2.24, 2.45) is 29.6 Å². The van der Waals surface area contributed by atoms with Crippen molar-refractivity contribution in [3.8, 4) is 0 Å². The first-order valence-electron chi connectivity index (χ1n) is 7.35. The number of fused-ring (bicyclic) bond motifs is 1. The van der Waals surface area contributed by atoms with E-state index in [0.717, 1.165) is 17.8 Å². The van der Waals surface area contributed by atoms with Crippen LogP contribution in [0.15, 0.2) is 0 Å². The van der Waals surface area contributed by atoms with E-state index in [1.54, 1.807) is 0 Å². The van der Waals surface area contributed by atoms with Gasteiger partial charge in [0.2, 0.25) is 0 Å². The van der Waals surface area contributed by atoms with Crippen LogP contribution in [0.25, 0.3) is 0 Å². The molecule has 3 fully saturated rings. The van der Waals surface area contributed by atoms with Gasteiger partial charge in [0.15, 0.2) is 0 Å². The third-order valence-corrected chi connectivity index (χ3v) is 5.56. The van der Waals surface area contributed by atoms with Gasteiger partial charge >= 0.3 is 0 Å². The molecule has 0 aromatic rings. The third kappa shape index (κ3) is 1.72. The zero-order valence-electron chi connectivity index (χ0n) is 10.5. The van der Waals surface area contributed by atoms with E-state index in [1.807, 2.05) is 0 Å². The second-order valence-corrected chi connectivity index (χ2v) is 6.31. The Balaban J connectivity index is 1.53. The van der Waals surface area contributed by atoms with Crippen LogP contribution in [-0.2, 0) is 4.79 Å². The maximum Gasteiger partial charge on any atom is 0.139 e. The first kappa shape index (κ1) is 10.8. The van der Waals surface area contributed by atoms with Crippen LogP contribution in [0, 0.1) is 29.6 Å². The van der Waals surface area contributed by atoms with E-state index in [1.165, 1.54) is 51.4 Å². The molecule has 3 aliphatic rings. The molecule has 2 unspecified atom stereocenters. The first-order valence-corrected chi connectivity index (χ1v) is 7.35. The molecule has 0 radical (unpaired) electrons. The van der Waals surface area contributed by atoms with Crippen molar-refractivity contribution in [2.45, 2.75) is 58.3 Å². The van der Waals surface area contributed by atoms with Gasteiger partial charge < -0.3 is 0 Å². The van der Waals surface area contributed by atoms with Crippen LogP contribution in [-0.4, -0.2) is 5.78 Å². The Hall–Kier alpha value is -0.330. The second kappa shape index (κ2) is 4.16. The molecule has 0 bridgehead atoms. The number of hydrogen-bond acceptors (Lipinski definition) is 1. The molecular weight excluding hydrogens is 196 g/mol. The normalized spacial score (nSPS) is 46.4. The topological polar surface area (TPSA) is 17.1 Å². The minimum absolute atomic E-state index is 0.457. The van der Waals surface area contributed by atoms with E-state index in [2.05, 4.69) is 6.92 Å². The standard InChI is InChI=1S/C15H24O/c1-2-10-6-8-11(9-7-10)15(16)14-12-4-3-5-13(12)14/h10-14H,2-9H2,1H3. The molecule has 0 saturated heterocycles. The van der Waals surface area contributed by atoms with Gasteiger partial charge in [-0.05, 0) is 56.3 Å². The van der Waals surface area contributed by atoms with Gasteiger partial charge in [-0.1, -0.05) is 19.8 Å². The Morgan fingerprint density at radius 3 is 2.19 bits per heavy atom. The van der Waals surface area contributed by atoms with Crippen LogP contribution in [0.3, 0.4) is 0 Å². The van der Waals surface area contributed by atoms with Crippen LogP contribution in [0.2, 0.25) is 0 Å². The van der Waals surface area contributed by atoms with Gasteiger partial charge in [0.25, 0.3) is 0 Å². The summed E-state index contributed by atoms with van der Waals surface area (Å²) >= 11 is 0. The van der Waals surface area contributed by atoms with E-state index in [9.17, 15) is 4.79 Å². The van der Waals surface area contributed by atoms with Crippen molar-refractivity contribution in [3.63, 3.8) is 0 Å². The van der Waals surface area contributed by atoms with E-state index in [0.29, 0.717) is 17.6 Å². The molecular formula is C15H24O. The molecule has 0 aromatic heterocycles. The minimum Gasteiger partial charge on any atom is -0.299 e. The summed E-state index contributed by atoms with van der Waals surface area (Å²) in [5, 5.41) is 0. The summed E-state index contributed by atoms with van der Waals surface area (Å²) in [7, 11) is 0. The smallest absolute Gasteiger partial charge is 0.139 e. The highest BCUT2D eigenvalue weighted by molar-refractivity contribution is 5.86. The predicted molar refractivity (Wildman–Crippen MR) is 65.1 cm³/mol. The van der Waals surface area contributed by atoms with Crippen LogP contribution in [0.4, 0.5) is 0 Å². The molecule has 3 saturated carbocycles. The number of Topliss-reactive ketones (excluding diaryl/α,β-unsaturated/α-hetero) is 1. The zero-order chi connectivity index (χ0) is 11.1. The van der Waals surface area contributed by atoms with E-state index in [4.69, 9.17) is 0 Å². The molecule has 3 aliphatic carbocycles. The Morgan fingerprint density at radius 1 is 1.00 bits per heavy atom. The van der Waals surface area contributed by atoms with Gasteiger partial charge in [0, 0.05) is 11.8 Å². The molecule has 0 amide bonds. The van der Waals surface area contributed by atoms with E-state index >= 15 is 0 Å². The van der Waals surface area contributed by atoms with Crippen molar-refractivity contribution in [3.05, 3.63) is 0 Å². The molecule has 0 aromatic carbocycles. The summed E-state index contributed by atoms with van der Waals surface area (Å²) in [6.07, 6.45) is 10.4. The summed E-state index contributed by atoms with van der Waals surface area (Å²) in [6.45, 7) is 2.29. The number of rotatable bonds is 3. The maximum absolute atomic E-state index is 12.4. The molecule has 0 aliphatic heterocycles. The van der Waals surface area contributed by atoms with Gasteiger partial charge in [-0.25, -0.2) is 0 Å². The largest absolute Gasteiger partial charge is 0.299 e. The lowest BCUT2D eigenvalue weighted by Crippen LogP contribution is -2.24. The Bertz CT molecular complexity index is 265. The number of hydrogen-bond donors (Lipinski definition) is 0. The fraction of sp³-hybridized carbons (Fsp3) is 0.933. The fourth-order valence-corrected chi connectivity index (χ4v) is 4.37. The Morgan fingerprint density at radius 2 is 1.62 bits per heavy atom. The predicted octanol–water partition coefficient (Wildman–Crippen LogP) is 3.82.